The highest BCUT2D eigenvalue weighted by atomic mass is 32.2. The van der Waals surface area contributed by atoms with E-state index in [1.165, 1.54) is 16.7 Å². The van der Waals surface area contributed by atoms with E-state index in [-0.39, 0.29) is 11.7 Å². The Labute approximate surface area is 204 Å². The first-order valence-electron chi connectivity index (χ1n) is 12.1. The molecular formula is C27H37N3O3S. The van der Waals surface area contributed by atoms with E-state index in [9.17, 15) is 9.00 Å². The molecule has 1 aliphatic rings. The van der Waals surface area contributed by atoms with E-state index in [1.807, 2.05) is 26.0 Å². The molecule has 2 aromatic rings. The van der Waals surface area contributed by atoms with Crippen LogP contribution in [-0.4, -0.2) is 22.5 Å². The Kier molecular flexibility index (Phi) is 9.30. The van der Waals surface area contributed by atoms with E-state index in [2.05, 4.69) is 34.8 Å². The molecule has 0 fully saturated rings. The van der Waals surface area contributed by atoms with Gasteiger partial charge in [-0.25, -0.2) is 9.35 Å². The van der Waals surface area contributed by atoms with Crippen molar-refractivity contribution in [1.29, 1.82) is 0 Å². The lowest BCUT2D eigenvalue weighted by atomic mass is 9.98. The maximum absolute atomic E-state index is 12.8. The van der Waals surface area contributed by atoms with Gasteiger partial charge in [0.15, 0.2) is 0 Å². The van der Waals surface area contributed by atoms with Crippen molar-refractivity contribution in [2.24, 2.45) is 15.4 Å². The summed E-state index contributed by atoms with van der Waals surface area (Å²) in [7, 11) is -3.12. The third-order valence-electron chi connectivity index (χ3n) is 6.01. The Hall–Kier alpha value is -2.64. The molecule has 3 N–H and O–H groups in total. The van der Waals surface area contributed by atoms with Crippen molar-refractivity contribution >= 4 is 21.5 Å². The normalized spacial score (nSPS) is 16.7. The van der Waals surface area contributed by atoms with Gasteiger partial charge in [-0.1, -0.05) is 44.2 Å². The van der Waals surface area contributed by atoms with Gasteiger partial charge < -0.3 is 10.1 Å². The average Bonchev–Trinajstić information content (AvgIpc) is 2.84. The number of nitrogens with one attached hydrogen (secondary N) is 1. The second kappa shape index (κ2) is 12.2. The maximum Gasteiger partial charge on any atom is 0.286 e. The number of nitrogens with two attached hydrogens (primary N) is 1. The van der Waals surface area contributed by atoms with Crippen LogP contribution in [0.2, 0.25) is 0 Å². The third-order valence-corrected chi connectivity index (χ3v) is 7.53. The zero-order chi connectivity index (χ0) is 24.6. The number of aryl methyl sites for hydroxylation is 2. The Morgan fingerprint density at radius 2 is 2.06 bits per heavy atom. The lowest BCUT2D eigenvalue weighted by molar-refractivity contribution is 0.100. The van der Waals surface area contributed by atoms with Crippen LogP contribution in [0, 0.1) is 5.92 Å². The van der Waals surface area contributed by atoms with Crippen LogP contribution in [0.25, 0.3) is 0 Å². The van der Waals surface area contributed by atoms with Crippen LogP contribution in [0.3, 0.4) is 0 Å². The number of anilines is 1. The highest BCUT2D eigenvalue weighted by molar-refractivity contribution is 7.91. The summed E-state index contributed by atoms with van der Waals surface area (Å²) in [5, 5.41) is 9.36. The Bertz CT molecular complexity index is 1150. The van der Waals surface area contributed by atoms with Gasteiger partial charge in [0.25, 0.3) is 5.91 Å². The Morgan fingerprint density at radius 3 is 2.82 bits per heavy atom. The number of amides is 1. The summed E-state index contributed by atoms with van der Waals surface area (Å²) in [5.74, 6) is 0.364. The standard InChI is InChI=1S/C27H37N3O3S/c1-4-6-9-20(3)19-34(28,32)30-27(31)23-13-14-26-25(17-23)29-18-24-12-11-21(5-2)16-22(24)10-7-8-15-33-26/h4,6,11-14,16-17,20,29H,5,7-10,15,18-19H2,1-3H3,(H2,28,30,31,32)/b6-4-. The monoisotopic (exact) mass is 483 g/mol. The summed E-state index contributed by atoms with van der Waals surface area (Å²) in [4.78, 5) is 12.8. The molecule has 1 aliphatic heterocycles. The molecular weight excluding hydrogens is 446 g/mol. The molecule has 0 saturated heterocycles. The van der Waals surface area contributed by atoms with E-state index >= 15 is 0 Å². The first-order valence-corrected chi connectivity index (χ1v) is 13.9. The fourth-order valence-electron chi connectivity index (χ4n) is 4.10. The first kappa shape index (κ1) is 26.0. The predicted molar refractivity (Wildman–Crippen MR) is 141 cm³/mol. The lowest BCUT2D eigenvalue weighted by Gasteiger charge is -2.15. The van der Waals surface area contributed by atoms with Gasteiger partial charge in [0, 0.05) is 17.9 Å². The average molecular weight is 484 g/mol. The second-order valence-corrected chi connectivity index (χ2v) is 10.9. The number of ether oxygens (including phenoxy) is 1. The van der Waals surface area contributed by atoms with Gasteiger partial charge in [-0.05, 0) is 79.8 Å². The van der Waals surface area contributed by atoms with E-state index in [4.69, 9.17) is 9.88 Å². The number of benzene rings is 2. The summed E-state index contributed by atoms with van der Waals surface area (Å²) in [6, 6.07) is 11.8. The first-order chi connectivity index (χ1) is 16.3. The zero-order valence-electron chi connectivity index (χ0n) is 20.5. The number of hydrogen-bond acceptors (Lipinski definition) is 4. The fraction of sp³-hybridized carbons (Fsp3) is 0.444. The highest BCUT2D eigenvalue weighted by Gasteiger charge is 2.16. The molecule has 0 aliphatic carbocycles. The minimum absolute atomic E-state index is 0.0704. The number of allylic oxidation sites excluding steroid dienone is 2. The van der Waals surface area contributed by atoms with Crippen LogP contribution in [-0.2, 0) is 29.3 Å². The SMILES string of the molecule is C/C=C\CC(C)CS(N)(=O)=NC(=O)c1ccc2c(c1)NCc1ccc(CC)cc1CCCCO2. The number of hydrogen-bond donors (Lipinski definition) is 2. The predicted octanol–water partition coefficient (Wildman–Crippen LogP) is 5.66. The number of fused-ring (bicyclic) bond motifs is 2. The number of rotatable bonds is 6. The summed E-state index contributed by atoms with van der Waals surface area (Å²) < 4.78 is 22.7. The van der Waals surface area contributed by atoms with E-state index < -0.39 is 15.8 Å². The van der Waals surface area contributed by atoms with Crippen molar-refractivity contribution in [3.8, 4) is 5.75 Å². The topological polar surface area (TPSA) is 93.8 Å². The van der Waals surface area contributed by atoms with Crippen LogP contribution in [0.15, 0.2) is 52.9 Å². The van der Waals surface area contributed by atoms with E-state index in [0.717, 1.165) is 37.8 Å². The molecule has 0 bridgehead atoms. The molecule has 34 heavy (non-hydrogen) atoms. The van der Waals surface area contributed by atoms with Crippen LogP contribution in [0.4, 0.5) is 5.69 Å². The molecule has 0 saturated carbocycles. The molecule has 2 unspecified atom stereocenters. The van der Waals surface area contributed by atoms with Gasteiger partial charge in [-0.2, -0.15) is 0 Å². The van der Waals surface area contributed by atoms with Crippen LogP contribution < -0.4 is 15.2 Å². The molecule has 6 nitrogen and oxygen atoms in total. The van der Waals surface area contributed by atoms with Gasteiger partial charge in [-0.15, -0.1) is 4.36 Å². The number of carbonyl (C=O) groups excluding carboxylic acids is 1. The zero-order valence-corrected chi connectivity index (χ0v) is 21.3. The van der Waals surface area contributed by atoms with Crippen molar-refractivity contribution in [2.45, 2.75) is 59.4 Å². The molecule has 1 heterocycles. The van der Waals surface area contributed by atoms with Crippen molar-refractivity contribution in [3.05, 3.63) is 70.8 Å². The van der Waals surface area contributed by atoms with Gasteiger partial charge in [0.2, 0.25) is 0 Å². The van der Waals surface area contributed by atoms with Crippen LogP contribution >= 0.6 is 0 Å². The molecule has 0 spiro atoms. The summed E-state index contributed by atoms with van der Waals surface area (Å²) in [6.45, 7) is 7.29. The van der Waals surface area contributed by atoms with Gasteiger partial charge in [0.1, 0.15) is 15.7 Å². The quantitative estimate of drug-likeness (QED) is 0.518. The molecule has 1 amide bonds. The van der Waals surface area contributed by atoms with Gasteiger partial charge >= 0.3 is 0 Å². The minimum atomic E-state index is -3.12. The maximum atomic E-state index is 12.8. The lowest BCUT2D eigenvalue weighted by Crippen LogP contribution is -2.23. The van der Waals surface area contributed by atoms with Gasteiger partial charge in [-0.3, -0.25) is 4.79 Å². The van der Waals surface area contributed by atoms with Crippen molar-refractivity contribution in [3.63, 3.8) is 0 Å². The molecule has 184 valence electrons. The largest absolute Gasteiger partial charge is 0.491 e. The van der Waals surface area contributed by atoms with E-state index in [0.29, 0.717) is 24.5 Å². The van der Waals surface area contributed by atoms with Crippen molar-refractivity contribution in [1.82, 2.24) is 0 Å². The van der Waals surface area contributed by atoms with Crippen molar-refractivity contribution in [2.75, 3.05) is 17.7 Å². The number of carbonyl (C=O) groups is 1. The highest BCUT2D eigenvalue weighted by Crippen LogP contribution is 2.29. The number of nitrogens with zero attached hydrogens (tertiary/aromatic N) is 1. The minimum Gasteiger partial charge on any atom is -0.491 e. The molecule has 7 heteroatoms. The fourth-order valence-corrected chi connectivity index (χ4v) is 5.51. The smallest absolute Gasteiger partial charge is 0.286 e. The van der Waals surface area contributed by atoms with Crippen LogP contribution in [0.5, 0.6) is 5.75 Å². The second-order valence-electron chi connectivity index (χ2n) is 8.99. The molecule has 2 aromatic carbocycles. The summed E-state index contributed by atoms with van der Waals surface area (Å²) >= 11 is 0. The molecule has 0 aromatic heterocycles. The molecule has 2 atom stereocenters. The molecule has 0 radical (unpaired) electrons. The van der Waals surface area contributed by atoms with Crippen molar-refractivity contribution < 1.29 is 13.7 Å². The third kappa shape index (κ3) is 7.43. The summed E-state index contributed by atoms with van der Waals surface area (Å²) in [5.41, 5.74) is 4.99. The molecule has 3 rings (SSSR count). The van der Waals surface area contributed by atoms with Crippen LogP contribution in [0.1, 0.15) is 67.1 Å². The van der Waals surface area contributed by atoms with E-state index in [1.54, 1.807) is 18.2 Å². The Morgan fingerprint density at radius 1 is 1.24 bits per heavy atom. The Balaban J connectivity index is 1.84. The summed E-state index contributed by atoms with van der Waals surface area (Å²) in [6.07, 6.45) is 8.73. The van der Waals surface area contributed by atoms with Gasteiger partial charge in [0.05, 0.1) is 12.3 Å².